The molecule has 2 N–H and O–H groups in total. The molecule has 1 atom stereocenters. The summed E-state index contributed by atoms with van der Waals surface area (Å²) in [6, 6.07) is 11.7. The Bertz CT molecular complexity index is 1230. The van der Waals surface area contributed by atoms with Crippen molar-refractivity contribution < 1.29 is 32.2 Å². The van der Waals surface area contributed by atoms with Gasteiger partial charge in [0, 0.05) is 11.4 Å². The lowest BCUT2D eigenvalue weighted by atomic mass is 9.95. The number of ether oxygens (including phenoxy) is 2. The summed E-state index contributed by atoms with van der Waals surface area (Å²) < 4.78 is 49.6. The summed E-state index contributed by atoms with van der Waals surface area (Å²) >= 11 is 0. The lowest BCUT2D eigenvalue weighted by Gasteiger charge is -2.35. The van der Waals surface area contributed by atoms with Gasteiger partial charge in [0.25, 0.3) is 0 Å². The van der Waals surface area contributed by atoms with Crippen LogP contribution in [-0.4, -0.2) is 32.2 Å². The molecule has 0 fully saturated rings. The Morgan fingerprint density at radius 1 is 1.11 bits per heavy atom. The van der Waals surface area contributed by atoms with E-state index in [-0.39, 0.29) is 22.9 Å². The smallest absolute Gasteiger partial charge is 0.425 e. The summed E-state index contributed by atoms with van der Waals surface area (Å²) in [7, 11) is 2.30. The van der Waals surface area contributed by atoms with Crippen LogP contribution in [0.15, 0.2) is 64.8 Å². The average molecular weight is 487 g/mol. The summed E-state index contributed by atoms with van der Waals surface area (Å²) in [6.07, 6.45) is -5.50. The van der Waals surface area contributed by atoms with Crippen molar-refractivity contribution in [2.45, 2.75) is 19.1 Å². The average Bonchev–Trinajstić information content (AvgIpc) is 2.86. The Morgan fingerprint density at radius 2 is 1.80 bits per heavy atom. The number of allylic oxidation sites excluding steroid dienone is 1. The van der Waals surface area contributed by atoms with Gasteiger partial charge in [-0.1, -0.05) is 18.2 Å². The fourth-order valence-corrected chi connectivity index (χ4v) is 3.46. The number of carbonyl (C=O) groups excluding carboxylic acids is 2. The van der Waals surface area contributed by atoms with E-state index in [4.69, 9.17) is 10.00 Å². The van der Waals surface area contributed by atoms with Crippen LogP contribution in [0.1, 0.15) is 29.7 Å². The van der Waals surface area contributed by atoms with E-state index in [1.807, 2.05) is 6.07 Å². The second-order valence-electron chi connectivity index (χ2n) is 7.20. The number of hydrogen-bond donors (Lipinski definition) is 2. The Labute approximate surface area is 198 Å². The molecule has 0 unspecified atom stereocenters. The van der Waals surface area contributed by atoms with Gasteiger partial charge in [-0.05, 0) is 42.8 Å². The summed E-state index contributed by atoms with van der Waals surface area (Å²) in [5.74, 6) is -0.841. The van der Waals surface area contributed by atoms with Gasteiger partial charge in [0.15, 0.2) is 0 Å². The van der Waals surface area contributed by atoms with Crippen molar-refractivity contribution >= 4 is 23.7 Å². The molecule has 0 radical (unpaired) electrons. The maximum absolute atomic E-state index is 13.4. The van der Waals surface area contributed by atoms with Gasteiger partial charge in [-0.3, -0.25) is 10.3 Å². The maximum Gasteiger partial charge on any atom is 0.425 e. The van der Waals surface area contributed by atoms with Crippen molar-refractivity contribution in [3.8, 4) is 6.07 Å². The summed E-state index contributed by atoms with van der Waals surface area (Å²) in [4.78, 5) is 30.2. The number of anilines is 1. The zero-order valence-corrected chi connectivity index (χ0v) is 18.8. The molecule has 182 valence electrons. The van der Waals surface area contributed by atoms with Crippen molar-refractivity contribution in [1.29, 1.82) is 5.26 Å². The maximum atomic E-state index is 13.4. The van der Waals surface area contributed by atoms with E-state index in [1.54, 1.807) is 12.1 Å². The van der Waals surface area contributed by atoms with Crippen LogP contribution < -0.4 is 15.8 Å². The number of nitrogens with zero attached hydrogens (tertiary/aromatic N) is 3. The van der Waals surface area contributed by atoms with Gasteiger partial charge < -0.3 is 9.47 Å². The summed E-state index contributed by atoms with van der Waals surface area (Å²) in [5, 5.41) is 9.08. The molecule has 0 bridgehead atoms. The summed E-state index contributed by atoms with van der Waals surface area (Å²) in [6.45, 7) is 1.51. The minimum Gasteiger partial charge on any atom is -0.466 e. The van der Waals surface area contributed by atoms with Crippen molar-refractivity contribution in [1.82, 2.24) is 10.9 Å². The number of guanidine groups is 1. The number of carbonyl (C=O) groups is 2. The van der Waals surface area contributed by atoms with E-state index < -0.39 is 29.8 Å². The van der Waals surface area contributed by atoms with Crippen molar-refractivity contribution in [3.05, 3.63) is 76.5 Å². The molecule has 2 aromatic rings. The SMILES string of the molecule is COC(=O)NNC1=N[C@H](c2ccc(C#N)cc2)C(C(=O)OC)=C(C)N1c1cccc(C(F)(F)F)c1. The number of amides is 1. The van der Waals surface area contributed by atoms with Gasteiger partial charge in [0.05, 0.1) is 37.0 Å². The predicted molar refractivity (Wildman–Crippen MR) is 119 cm³/mol. The number of benzene rings is 2. The van der Waals surface area contributed by atoms with E-state index >= 15 is 0 Å². The highest BCUT2D eigenvalue weighted by Gasteiger charge is 2.36. The standard InChI is InChI=1S/C23H20F3N5O4/c1-13-18(20(32)34-2)19(15-9-7-14(12-27)8-10-15)28-21(29-30-22(33)35-3)31(13)17-6-4-5-16(11-17)23(24,25)26/h4-11,19H,1-3H3,(H,28,29)(H,30,33)/t19-/m1/s1. The molecular formula is C23H20F3N5O4. The van der Waals surface area contributed by atoms with Crippen molar-refractivity contribution in [2.24, 2.45) is 4.99 Å². The fourth-order valence-electron chi connectivity index (χ4n) is 3.46. The molecule has 2 aromatic carbocycles. The first-order valence-electron chi connectivity index (χ1n) is 10.0. The molecule has 12 heteroatoms. The molecule has 9 nitrogen and oxygen atoms in total. The summed E-state index contributed by atoms with van der Waals surface area (Å²) in [5.41, 5.74) is 5.01. The number of esters is 1. The number of rotatable bonds is 3. The highest BCUT2D eigenvalue weighted by molar-refractivity contribution is 6.05. The first kappa shape index (κ1) is 25.1. The highest BCUT2D eigenvalue weighted by Crippen LogP contribution is 2.38. The Hall–Kier alpha value is -4.53. The molecule has 0 saturated carbocycles. The van der Waals surface area contributed by atoms with E-state index in [2.05, 4.69) is 20.6 Å². The number of hydrazine groups is 1. The highest BCUT2D eigenvalue weighted by atomic mass is 19.4. The van der Waals surface area contributed by atoms with E-state index in [1.165, 1.54) is 43.2 Å². The minimum atomic E-state index is -4.62. The first-order chi connectivity index (χ1) is 16.6. The topological polar surface area (TPSA) is 116 Å². The van der Waals surface area contributed by atoms with Gasteiger partial charge in [0.2, 0.25) is 5.96 Å². The molecule has 1 aliphatic rings. The van der Waals surface area contributed by atoms with Crippen LogP contribution in [0.3, 0.4) is 0 Å². The second-order valence-corrected chi connectivity index (χ2v) is 7.20. The monoisotopic (exact) mass is 487 g/mol. The predicted octanol–water partition coefficient (Wildman–Crippen LogP) is 3.80. The van der Waals surface area contributed by atoms with E-state index in [0.29, 0.717) is 11.1 Å². The van der Waals surface area contributed by atoms with Gasteiger partial charge in [-0.2, -0.15) is 18.4 Å². The quantitative estimate of drug-likeness (QED) is 0.500. The van der Waals surface area contributed by atoms with Crippen LogP contribution >= 0.6 is 0 Å². The molecular weight excluding hydrogens is 467 g/mol. The van der Waals surface area contributed by atoms with Gasteiger partial charge >= 0.3 is 18.2 Å². The zero-order valence-electron chi connectivity index (χ0n) is 18.8. The number of alkyl halides is 3. The van der Waals surface area contributed by atoms with Crippen LogP contribution in [0.5, 0.6) is 0 Å². The number of methoxy groups -OCH3 is 2. The van der Waals surface area contributed by atoms with Crippen LogP contribution in [0, 0.1) is 11.3 Å². The largest absolute Gasteiger partial charge is 0.466 e. The van der Waals surface area contributed by atoms with Gasteiger partial charge in [0.1, 0.15) is 6.04 Å². The Morgan fingerprint density at radius 3 is 2.37 bits per heavy atom. The molecule has 0 aliphatic carbocycles. The Kier molecular flexibility index (Phi) is 7.29. The Balaban J connectivity index is 2.20. The molecule has 0 aromatic heterocycles. The van der Waals surface area contributed by atoms with Crippen LogP contribution in [0.4, 0.5) is 23.7 Å². The second kappa shape index (κ2) is 10.2. The molecule has 1 aliphatic heterocycles. The molecule has 35 heavy (non-hydrogen) atoms. The van der Waals surface area contributed by atoms with Crippen LogP contribution in [-0.2, 0) is 20.4 Å². The van der Waals surface area contributed by atoms with E-state index in [9.17, 15) is 22.8 Å². The van der Waals surface area contributed by atoms with Gasteiger partial charge in [-0.15, -0.1) is 0 Å². The lowest BCUT2D eigenvalue weighted by Crippen LogP contribution is -2.51. The third kappa shape index (κ3) is 5.35. The number of aliphatic imine (C=N–C) groups is 1. The third-order valence-electron chi connectivity index (χ3n) is 5.12. The molecule has 1 amide bonds. The number of nitrogens with one attached hydrogen (secondary N) is 2. The molecule has 3 rings (SSSR count). The molecule has 0 spiro atoms. The zero-order chi connectivity index (χ0) is 25.8. The third-order valence-corrected chi connectivity index (χ3v) is 5.12. The number of hydrogen-bond acceptors (Lipinski definition) is 8. The molecule has 1 heterocycles. The molecule has 0 saturated heterocycles. The van der Waals surface area contributed by atoms with Crippen LogP contribution in [0.2, 0.25) is 0 Å². The van der Waals surface area contributed by atoms with Crippen LogP contribution in [0.25, 0.3) is 0 Å². The fraction of sp³-hybridized carbons (Fsp3) is 0.217. The van der Waals surface area contributed by atoms with Crippen molar-refractivity contribution in [2.75, 3.05) is 19.1 Å². The number of nitriles is 1. The number of halogens is 3. The minimum absolute atomic E-state index is 0.0231. The lowest BCUT2D eigenvalue weighted by molar-refractivity contribution is -0.138. The first-order valence-corrected chi connectivity index (χ1v) is 10.0. The van der Waals surface area contributed by atoms with Crippen molar-refractivity contribution in [3.63, 3.8) is 0 Å². The van der Waals surface area contributed by atoms with Gasteiger partial charge in [-0.25, -0.2) is 20.0 Å². The normalized spacial score (nSPS) is 15.6. The van der Waals surface area contributed by atoms with E-state index in [0.717, 1.165) is 19.2 Å².